The van der Waals surface area contributed by atoms with E-state index in [-0.39, 0.29) is 0 Å². The maximum Gasteiger partial charge on any atom is 0.220 e. The third kappa shape index (κ3) is 5.95. The second-order valence-electron chi connectivity index (χ2n) is 7.49. The molecule has 0 aliphatic rings. The first-order valence-corrected chi connectivity index (χ1v) is 10.8. The van der Waals surface area contributed by atoms with E-state index in [1.54, 1.807) is 14.2 Å². The van der Waals surface area contributed by atoms with E-state index in [2.05, 4.69) is 24.3 Å². The molecule has 4 nitrogen and oxygen atoms in total. The first kappa shape index (κ1) is 22.0. The molecular weight excluding hydrogens is 408 g/mol. The Morgan fingerprint density at radius 1 is 0.545 bits per heavy atom. The number of benzene rings is 4. The highest BCUT2D eigenvalue weighted by molar-refractivity contribution is 5.96. The molecule has 0 atom stereocenters. The molecular formula is C29H26N2O2. The third-order valence-electron chi connectivity index (χ3n) is 5.12. The molecule has 0 N–H and O–H groups in total. The van der Waals surface area contributed by atoms with Crippen molar-refractivity contribution in [3.8, 4) is 0 Å². The van der Waals surface area contributed by atoms with E-state index in [1.807, 2.05) is 84.9 Å². The lowest BCUT2D eigenvalue weighted by Gasteiger charge is -2.08. The zero-order valence-electron chi connectivity index (χ0n) is 18.8. The van der Waals surface area contributed by atoms with Gasteiger partial charge in [-0.15, -0.1) is 0 Å². The highest BCUT2D eigenvalue weighted by Crippen LogP contribution is 2.22. The van der Waals surface area contributed by atoms with Crippen LogP contribution in [0.2, 0.25) is 0 Å². The molecule has 4 aromatic carbocycles. The van der Waals surface area contributed by atoms with E-state index in [4.69, 9.17) is 19.5 Å². The number of aliphatic imine (C=N–C) groups is 2. The van der Waals surface area contributed by atoms with Crippen LogP contribution >= 0.6 is 0 Å². The summed E-state index contributed by atoms with van der Waals surface area (Å²) in [5.41, 5.74) is 5.93. The average Bonchev–Trinajstić information content (AvgIpc) is 2.87. The summed E-state index contributed by atoms with van der Waals surface area (Å²) in [5.74, 6) is 1.19. The van der Waals surface area contributed by atoms with Crippen LogP contribution in [0.25, 0.3) is 0 Å². The average molecular weight is 435 g/mol. The molecule has 0 aliphatic carbocycles. The molecule has 0 fully saturated rings. The summed E-state index contributed by atoms with van der Waals surface area (Å²) in [6.45, 7) is 0. The number of ether oxygens (including phenoxy) is 2. The summed E-state index contributed by atoms with van der Waals surface area (Å²) < 4.78 is 11.0. The van der Waals surface area contributed by atoms with Gasteiger partial charge in [0.05, 0.1) is 25.6 Å². The molecule has 0 saturated carbocycles. The fourth-order valence-electron chi connectivity index (χ4n) is 3.56. The molecule has 0 radical (unpaired) electrons. The van der Waals surface area contributed by atoms with Crippen molar-refractivity contribution in [1.29, 1.82) is 0 Å². The van der Waals surface area contributed by atoms with Crippen LogP contribution in [0.15, 0.2) is 119 Å². The van der Waals surface area contributed by atoms with Gasteiger partial charge in [-0.05, 0) is 66.1 Å². The van der Waals surface area contributed by atoms with Gasteiger partial charge in [0.1, 0.15) is 0 Å². The summed E-state index contributed by atoms with van der Waals surface area (Å²) in [6.07, 6.45) is 0.772. The SMILES string of the molecule is COC(=Nc1cccc(Cc2cccc(N=C(OC)c3ccccc3)c2)c1)c1ccccc1. The summed E-state index contributed by atoms with van der Waals surface area (Å²) in [5, 5.41) is 0. The number of methoxy groups -OCH3 is 2. The van der Waals surface area contributed by atoms with Gasteiger partial charge in [0, 0.05) is 11.1 Å². The van der Waals surface area contributed by atoms with Crippen LogP contribution in [0.3, 0.4) is 0 Å². The lowest BCUT2D eigenvalue weighted by atomic mass is 10.0. The van der Waals surface area contributed by atoms with Crippen LogP contribution in [0.5, 0.6) is 0 Å². The first-order chi connectivity index (χ1) is 16.2. The number of nitrogens with zero attached hydrogens (tertiary/aromatic N) is 2. The fourth-order valence-corrected chi connectivity index (χ4v) is 3.56. The molecule has 0 heterocycles. The summed E-state index contributed by atoms with van der Waals surface area (Å²) in [6, 6.07) is 36.2. The van der Waals surface area contributed by atoms with Gasteiger partial charge in [-0.3, -0.25) is 0 Å². The van der Waals surface area contributed by atoms with Gasteiger partial charge >= 0.3 is 0 Å². The predicted octanol–water partition coefficient (Wildman–Crippen LogP) is 6.73. The van der Waals surface area contributed by atoms with Crippen LogP contribution in [-0.2, 0) is 15.9 Å². The molecule has 0 unspecified atom stereocenters. The highest BCUT2D eigenvalue weighted by Gasteiger charge is 2.06. The van der Waals surface area contributed by atoms with E-state index < -0.39 is 0 Å². The van der Waals surface area contributed by atoms with Gasteiger partial charge in [-0.1, -0.05) is 60.7 Å². The Bertz CT molecular complexity index is 1150. The van der Waals surface area contributed by atoms with Crippen LogP contribution in [0.4, 0.5) is 11.4 Å². The molecule has 0 bridgehead atoms. The molecule has 164 valence electrons. The van der Waals surface area contributed by atoms with E-state index in [1.165, 1.54) is 0 Å². The maximum atomic E-state index is 5.52. The lowest BCUT2D eigenvalue weighted by molar-refractivity contribution is 0.405. The van der Waals surface area contributed by atoms with Gasteiger partial charge in [0.15, 0.2) is 0 Å². The molecule has 4 heteroatoms. The zero-order valence-corrected chi connectivity index (χ0v) is 18.8. The minimum absolute atomic E-state index is 0.595. The van der Waals surface area contributed by atoms with Gasteiger partial charge in [0.25, 0.3) is 0 Å². The molecule has 33 heavy (non-hydrogen) atoms. The molecule has 0 aliphatic heterocycles. The van der Waals surface area contributed by atoms with Gasteiger partial charge < -0.3 is 9.47 Å². The minimum Gasteiger partial charge on any atom is -0.481 e. The van der Waals surface area contributed by atoms with E-state index >= 15 is 0 Å². The van der Waals surface area contributed by atoms with Crippen LogP contribution in [-0.4, -0.2) is 26.0 Å². The van der Waals surface area contributed by atoms with E-state index in [0.29, 0.717) is 11.8 Å². The van der Waals surface area contributed by atoms with Crippen LogP contribution in [0, 0.1) is 0 Å². The minimum atomic E-state index is 0.595. The third-order valence-corrected chi connectivity index (χ3v) is 5.12. The first-order valence-electron chi connectivity index (χ1n) is 10.8. The topological polar surface area (TPSA) is 43.2 Å². The van der Waals surface area contributed by atoms with Crippen molar-refractivity contribution in [2.45, 2.75) is 6.42 Å². The van der Waals surface area contributed by atoms with E-state index in [9.17, 15) is 0 Å². The molecule has 0 amide bonds. The van der Waals surface area contributed by atoms with Crippen molar-refractivity contribution in [1.82, 2.24) is 0 Å². The van der Waals surface area contributed by atoms with Crippen molar-refractivity contribution in [2.75, 3.05) is 14.2 Å². The summed E-state index contributed by atoms with van der Waals surface area (Å²) >= 11 is 0. The van der Waals surface area contributed by atoms with Crippen molar-refractivity contribution in [2.24, 2.45) is 9.98 Å². The summed E-state index contributed by atoms with van der Waals surface area (Å²) in [7, 11) is 3.29. The second-order valence-corrected chi connectivity index (χ2v) is 7.49. The number of rotatable bonds is 6. The molecule has 0 saturated heterocycles. The second kappa shape index (κ2) is 10.9. The monoisotopic (exact) mass is 434 g/mol. The number of hydrogen-bond donors (Lipinski definition) is 0. The predicted molar refractivity (Wildman–Crippen MR) is 135 cm³/mol. The Morgan fingerprint density at radius 2 is 0.970 bits per heavy atom. The Balaban J connectivity index is 1.56. The van der Waals surface area contributed by atoms with Crippen molar-refractivity contribution >= 4 is 23.2 Å². The van der Waals surface area contributed by atoms with E-state index in [0.717, 1.165) is 40.0 Å². The van der Waals surface area contributed by atoms with Crippen molar-refractivity contribution < 1.29 is 9.47 Å². The maximum absolute atomic E-state index is 5.52. The smallest absolute Gasteiger partial charge is 0.220 e. The van der Waals surface area contributed by atoms with Crippen LogP contribution in [0.1, 0.15) is 22.3 Å². The molecule has 4 rings (SSSR count). The summed E-state index contributed by atoms with van der Waals surface area (Å²) in [4.78, 5) is 9.41. The van der Waals surface area contributed by atoms with Crippen molar-refractivity contribution in [3.05, 3.63) is 131 Å². The largest absolute Gasteiger partial charge is 0.481 e. The van der Waals surface area contributed by atoms with Gasteiger partial charge in [0.2, 0.25) is 11.8 Å². The Kier molecular flexibility index (Phi) is 7.29. The lowest BCUT2D eigenvalue weighted by Crippen LogP contribution is -2.02. The molecule has 0 spiro atoms. The number of hydrogen-bond acceptors (Lipinski definition) is 4. The zero-order chi connectivity index (χ0) is 22.9. The standard InChI is InChI=1S/C29H26N2O2/c1-32-28(24-13-5-3-6-14-24)30-26-17-9-11-22(20-26)19-23-12-10-18-27(21-23)31-29(33-2)25-15-7-4-8-16-25/h3-18,20-21H,19H2,1-2H3. The van der Waals surface area contributed by atoms with Gasteiger partial charge in [-0.2, -0.15) is 0 Å². The molecule has 4 aromatic rings. The fraction of sp³-hybridized carbons (Fsp3) is 0.103. The van der Waals surface area contributed by atoms with Crippen LogP contribution < -0.4 is 0 Å². The normalized spacial score (nSPS) is 11.8. The van der Waals surface area contributed by atoms with Gasteiger partial charge in [-0.25, -0.2) is 9.98 Å². The quantitative estimate of drug-likeness (QED) is 0.249. The van der Waals surface area contributed by atoms with Crippen molar-refractivity contribution in [3.63, 3.8) is 0 Å². The molecule has 0 aromatic heterocycles. The Morgan fingerprint density at radius 3 is 1.36 bits per heavy atom. The Labute approximate surface area is 194 Å². The Hall–Kier alpha value is -4.18. The highest BCUT2D eigenvalue weighted by atomic mass is 16.5.